The van der Waals surface area contributed by atoms with Crippen LogP contribution in [-0.4, -0.2) is 80.8 Å². The van der Waals surface area contributed by atoms with Crippen LogP contribution in [-0.2, 0) is 39.8 Å². The van der Waals surface area contributed by atoms with Crippen molar-refractivity contribution in [2.45, 2.75) is 141 Å². The van der Waals surface area contributed by atoms with Crippen molar-refractivity contribution in [3.05, 3.63) is 23.8 Å². The van der Waals surface area contributed by atoms with E-state index in [4.69, 9.17) is 33.2 Å². The molecule has 3 aliphatic heterocycles. The first-order chi connectivity index (χ1) is 25.1. The van der Waals surface area contributed by atoms with Crippen molar-refractivity contribution in [2.75, 3.05) is 26.6 Å². The van der Waals surface area contributed by atoms with E-state index in [0.717, 1.165) is 24.8 Å². The number of carbonyl (C=O) groups excluding carboxylic acids is 4. The fourth-order valence-electron chi connectivity index (χ4n) is 7.51. The zero-order chi connectivity index (χ0) is 36.9. The summed E-state index contributed by atoms with van der Waals surface area (Å²) in [6.45, 7) is 6.98. The van der Waals surface area contributed by atoms with E-state index in [9.17, 15) is 19.2 Å². The lowest BCUT2D eigenvalue weighted by molar-refractivity contribution is -0.329. The first-order valence-electron chi connectivity index (χ1n) is 19.1. The highest BCUT2D eigenvalue weighted by molar-refractivity contribution is 5.84. The van der Waals surface area contributed by atoms with Gasteiger partial charge < -0.3 is 49.1 Å². The summed E-state index contributed by atoms with van der Waals surface area (Å²) in [6.07, 6.45) is 6.90. The van der Waals surface area contributed by atoms with Crippen molar-refractivity contribution in [3.8, 4) is 11.5 Å². The SMILES string of the molecule is CCOC(=O)[C@H](CC(C)C)NC(=O)CC[C@@H]1C[C@@H](OC(=O)NCc2ccc3c(c2)OCO3)C[C@@]2(CCC[C@H](COC(=O)NCC3CCCCC3)O2)O1. The number of ether oxygens (including phenoxy) is 7. The molecule has 3 heterocycles. The van der Waals surface area contributed by atoms with Crippen LogP contribution in [0.25, 0.3) is 0 Å². The summed E-state index contributed by atoms with van der Waals surface area (Å²) >= 11 is 0. The summed E-state index contributed by atoms with van der Waals surface area (Å²) in [5, 5.41) is 8.56. The average molecular weight is 732 g/mol. The summed E-state index contributed by atoms with van der Waals surface area (Å²) in [4.78, 5) is 51.2. The van der Waals surface area contributed by atoms with Crippen LogP contribution in [0.2, 0.25) is 0 Å². The van der Waals surface area contributed by atoms with Crippen molar-refractivity contribution in [1.82, 2.24) is 16.0 Å². The van der Waals surface area contributed by atoms with Gasteiger partial charge in [0.1, 0.15) is 18.8 Å². The largest absolute Gasteiger partial charge is 0.464 e. The number of amides is 3. The van der Waals surface area contributed by atoms with Gasteiger partial charge >= 0.3 is 18.2 Å². The number of benzene rings is 1. The molecule has 5 rings (SSSR count). The van der Waals surface area contributed by atoms with Gasteiger partial charge in [-0.25, -0.2) is 14.4 Å². The maximum absolute atomic E-state index is 13.1. The highest BCUT2D eigenvalue weighted by atomic mass is 16.7. The van der Waals surface area contributed by atoms with Crippen LogP contribution in [0.1, 0.15) is 110 Å². The normalized spacial score (nSPS) is 24.9. The Morgan fingerprint density at radius 1 is 0.923 bits per heavy atom. The van der Waals surface area contributed by atoms with Gasteiger partial charge in [-0.3, -0.25) is 4.79 Å². The van der Waals surface area contributed by atoms with E-state index in [0.29, 0.717) is 56.1 Å². The lowest BCUT2D eigenvalue weighted by atomic mass is 9.89. The Morgan fingerprint density at radius 3 is 2.50 bits per heavy atom. The molecule has 4 aliphatic rings. The summed E-state index contributed by atoms with van der Waals surface area (Å²) < 4.78 is 40.6. The quantitative estimate of drug-likeness (QED) is 0.151. The standard InChI is InChI=1S/C38H57N3O11/c1-4-46-35(43)31(17-25(2)3)41-34(42)15-13-28-19-30(50-37(45)40-22-27-12-14-32-33(18-27)49-24-48-32)20-38(51-28)16-8-11-29(52-38)23-47-36(44)39-21-26-9-6-5-7-10-26/h12,14,18,25-26,28-31H,4-11,13,15-17,19-24H2,1-3H3,(H,39,44)(H,40,45)(H,41,42)/t28-,29-,30-,31+,38+/m1/s1. The molecule has 290 valence electrons. The third-order valence-electron chi connectivity index (χ3n) is 10.0. The van der Waals surface area contributed by atoms with E-state index in [-0.39, 0.29) is 51.2 Å². The van der Waals surface area contributed by atoms with Gasteiger partial charge in [0.25, 0.3) is 0 Å². The molecule has 3 N–H and O–H groups in total. The van der Waals surface area contributed by atoms with Crippen LogP contribution in [0.3, 0.4) is 0 Å². The molecule has 2 saturated heterocycles. The molecule has 0 radical (unpaired) electrons. The Balaban J connectivity index is 1.18. The minimum atomic E-state index is -1.09. The summed E-state index contributed by atoms with van der Waals surface area (Å²) in [7, 11) is 0. The van der Waals surface area contributed by atoms with E-state index < -0.39 is 48.3 Å². The molecule has 14 nitrogen and oxygen atoms in total. The molecule has 1 aliphatic carbocycles. The van der Waals surface area contributed by atoms with Crippen LogP contribution >= 0.6 is 0 Å². The van der Waals surface area contributed by atoms with Crippen LogP contribution in [0, 0.1) is 11.8 Å². The number of nitrogens with one attached hydrogen (secondary N) is 3. The number of hydrogen-bond donors (Lipinski definition) is 3. The van der Waals surface area contributed by atoms with Crippen molar-refractivity contribution >= 4 is 24.1 Å². The van der Waals surface area contributed by atoms with E-state index in [1.807, 2.05) is 26.0 Å². The summed E-state index contributed by atoms with van der Waals surface area (Å²) in [5.41, 5.74) is 0.827. The topological polar surface area (TPSA) is 169 Å². The number of rotatable bonds is 15. The molecule has 3 fully saturated rings. The molecule has 5 atom stereocenters. The molecule has 1 saturated carbocycles. The van der Waals surface area contributed by atoms with Gasteiger partial charge in [-0.2, -0.15) is 0 Å². The van der Waals surface area contributed by atoms with Crippen molar-refractivity contribution in [3.63, 3.8) is 0 Å². The third-order valence-corrected chi connectivity index (χ3v) is 10.0. The molecule has 52 heavy (non-hydrogen) atoms. The van der Waals surface area contributed by atoms with Gasteiger partial charge in [-0.1, -0.05) is 39.2 Å². The molecule has 0 bridgehead atoms. The van der Waals surface area contributed by atoms with Crippen LogP contribution in [0.4, 0.5) is 9.59 Å². The molecule has 1 aromatic carbocycles. The third kappa shape index (κ3) is 12.1. The maximum atomic E-state index is 13.1. The van der Waals surface area contributed by atoms with Gasteiger partial charge in [-0.05, 0) is 75.0 Å². The zero-order valence-electron chi connectivity index (χ0n) is 30.9. The van der Waals surface area contributed by atoms with Gasteiger partial charge in [0.15, 0.2) is 17.3 Å². The number of hydrogen-bond acceptors (Lipinski definition) is 11. The number of fused-ring (bicyclic) bond motifs is 1. The molecule has 1 aromatic rings. The monoisotopic (exact) mass is 731 g/mol. The van der Waals surface area contributed by atoms with Crippen molar-refractivity contribution in [2.24, 2.45) is 11.8 Å². The first kappa shape index (κ1) is 39.4. The van der Waals surface area contributed by atoms with E-state index >= 15 is 0 Å². The van der Waals surface area contributed by atoms with Gasteiger partial charge in [-0.15, -0.1) is 0 Å². The second kappa shape index (κ2) is 19.3. The summed E-state index contributed by atoms with van der Waals surface area (Å²) in [5.74, 6) is 0.110. The number of alkyl carbamates (subject to hydrolysis) is 2. The highest BCUT2D eigenvalue weighted by Crippen LogP contribution is 2.41. The van der Waals surface area contributed by atoms with Gasteiger partial charge in [0.2, 0.25) is 12.7 Å². The molecule has 0 unspecified atom stereocenters. The molecule has 1 spiro atoms. The second-order valence-electron chi connectivity index (χ2n) is 14.8. The Bertz CT molecular complexity index is 1350. The lowest BCUT2D eigenvalue weighted by Crippen LogP contribution is -2.54. The Labute approximate surface area is 306 Å². The smallest absolute Gasteiger partial charge is 0.407 e. The molecular weight excluding hydrogens is 674 g/mol. The van der Waals surface area contributed by atoms with Crippen LogP contribution < -0.4 is 25.4 Å². The van der Waals surface area contributed by atoms with E-state index in [1.165, 1.54) is 19.3 Å². The molecule has 3 amide bonds. The minimum Gasteiger partial charge on any atom is -0.464 e. The number of carbonyl (C=O) groups is 4. The Morgan fingerprint density at radius 2 is 1.71 bits per heavy atom. The zero-order valence-corrected chi connectivity index (χ0v) is 30.9. The highest BCUT2D eigenvalue weighted by Gasteiger charge is 2.47. The predicted octanol–water partition coefficient (Wildman–Crippen LogP) is 5.64. The van der Waals surface area contributed by atoms with E-state index in [2.05, 4.69) is 16.0 Å². The van der Waals surface area contributed by atoms with Crippen LogP contribution in [0.5, 0.6) is 11.5 Å². The average Bonchev–Trinajstić information content (AvgIpc) is 3.59. The van der Waals surface area contributed by atoms with Crippen molar-refractivity contribution < 1.29 is 52.3 Å². The fourth-order valence-corrected chi connectivity index (χ4v) is 7.51. The summed E-state index contributed by atoms with van der Waals surface area (Å²) in [6, 6.07) is 4.72. The maximum Gasteiger partial charge on any atom is 0.407 e. The number of esters is 1. The molecule has 0 aromatic heterocycles. The second-order valence-corrected chi connectivity index (χ2v) is 14.8. The van der Waals surface area contributed by atoms with Crippen molar-refractivity contribution in [1.29, 1.82) is 0 Å². The fraction of sp³-hybridized carbons (Fsp3) is 0.737. The van der Waals surface area contributed by atoms with Crippen LogP contribution in [0.15, 0.2) is 18.2 Å². The Kier molecular flexibility index (Phi) is 14.7. The predicted molar refractivity (Wildman–Crippen MR) is 188 cm³/mol. The lowest BCUT2D eigenvalue weighted by Gasteiger charge is -2.47. The molecule has 14 heteroatoms. The molecular formula is C38H57N3O11. The Hall–Kier alpha value is -3.78. The first-order valence-corrected chi connectivity index (χ1v) is 19.1. The van der Waals surface area contributed by atoms with E-state index in [1.54, 1.807) is 13.0 Å². The minimum absolute atomic E-state index is 0.0708. The van der Waals surface area contributed by atoms with Gasteiger partial charge in [0, 0.05) is 38.8 Å². The van der Waals surface area contributed by atoms with Gasteiger partial charge in [0.05, 0.1) is 18.8 Å².